The maximum absolute atomic E-state index is 3.90. The molecular weight excluding hydrogens is 220 g/mol. The van der Waals surface area contributed by atoms with Gasteiger partial charge in [-0.1, -0.05) is 11.1 Å². The quantitative estimate of drug-likeness (QED) is 0.774. The van der Waals surface area contributed by atoms with Gasteiger partial charge in [0.25, 0.3) is 0 Å². The minimum Gasteiger partial charge on any atom is -0.311 e. The van der Waals surface area contributed by atoms with E-state index in [9.17, 15) is 0 Å². The van der Waals surface area contributed by atoms with Gasteiger partial charge in [-0.3, -0.25) is 0 Å². The van der Waals surface area contributed by atoms with Gasteiger partial charge in [-0.25, -0.2) is 0 Å². The second kappa shape index (κ2) is 6.21. The molecule has 2 nitrogen and oxygen atoms in total. The lowest BCUT2D eigenvalue weighted by molar-refractivity contribution is 0.208. The van der Waals surface area contributed by atoms with Crippen LogP contribution in [0.2, 0.25) is 0 Å². The van der Waals surface area contributed by atoms with Gasteiger partial charge in [0.2, 0.25) is 0 Å². The summed E-state index contributed by atoms with van der Waals surface area (Å²) in [6.07, 6.45) is 6.65. The van der Waals surface area contributed by atoms with Gasteiger partial charge in [-0.2, -0.15) is 0 Å². The summed E-state index contributed by atoms with van der Waals surface area (Å²) in [7, 11) is 2.23. The zero-order chi connectivity index (χ0) is 13.1. The smallest absolute Gasteiger partial charge is 0.00940 e. The largest absolute Gasteiger partial charge is 0.311 e. The summed E-state index contributed by atoms with van der Waals surface area (Å²) < 4.78 is 0. The van der Waals surface area contributed by atoms with Gasteiger partial charge in [0.1, 0.15) is 0 Å². The third kappa shape index (κ3) is 3.58. The van der Waals surface area contributed by atoms with Crippen LogP contribution in [0.1, 0.15) is 52.9 Å². The summed E-state index contributed by atoms with van der Waals surface area (Å²) in [6, 6.07) is 1.44. The van der Waals surface area contributed by atoms with Crippen molar-refractivity contribution in [1.82, 2.24) is 10.2 Å². The standard InChI is InChI=1S/C16H30N2/c1-12-5-6-15(11-13(12)2)14(3)17-16-7-9-18(4)10-8-16/h14-17H,5-11H2,1-4H3. The lowest BCUT2D eigenvalue weighted by Crippen LogP contribution is -2.46. The number of nitrogens with zero attached hydrogens (tertiary/aromatic N) is 1. The average molecular weight is 250 g/mol. The van der Waals surface area contributed by atoms with E-state index in [2.05, 4.69) is 38.0 Å². The molecule has 2 heteroatoms. The SMILES string of the molecule is CC1=C(C)CC(C(C)NC2CCN(C)CC2)CC1. The number of allylic oxidation sites excluding steroid dienone is 2. The molecule has 0 radical (unpaired) electrons. The van der Waals surface area contributed by atoms with E-state index >= 15 is 0 Å². The minimum absolute atomic E-state index is 0.682. The van der Waals surface area contributed by atoms with Crippen molar-refractivity contribution < 1.29 is 0 Å². The second-order valence-corrected chi connectivity index (χ2v) is 6.60. The fourth-order valence-corrected chi connectivity index (χ4v) is 3.39. The third-order valence-electron chi connectivity index (χ3n) is 5.11. The van der Waals surface area contributed by atoms with Gasteiger partial charge in [-0.15, -0.1) is 0 Å². The maximum atomic E-state index is 3.90. The number of rotatable bonds is 3. The molecule has 0 amide bonds. The number of hydrogen-bond donors (Lipinski definition) is 1. The molecule has 1 heterocycles. The minimum atomic E-state index is 0.682. The van der Waals surface area contributed by atoms with Crippen LogP contribution in [0.3, 0.4) is 0 Å². The zero-order valence-electron chi connectivity index (χ0n) is 12.6. The molecule has 0 saturated carbocycles. The van der Waals surface area contributed by atoms with Crippen LogP contribution < -0.4 is 5.32 Å². The molecule has 0 aromatic carbocycles. The maximum Gasteiger partial charge on any atom is 0.00940 e. The molecule has 0 spiro atoms. The van der Waals surface area contributed by atoms with E-state index in [4.69, 9.17) is 0 Å². The Kier molecular flexibility index (Phi) is 4.85. The molecular formula is C16H30N2. The average Bonchev–Trinajstić information content (AvgIpc) is 2.35. The van der Waals surface area contributed by atoms with Crippen LogP contribution in [-0.4, -0.2) is 37.1 Å². The van der Waals surface area contributed by atoms with E-state index in [1.807, 2.05) is 0 Å². The van der Waals surface area contributed by atoms with E-state index in [-0.39, 0.29) is 0 Å². The number of likely N-dealkylation sites (tertiary alicyclic amines) is 1. The van der Waals surface area contributed by atoms with Crippen molar-refractivity contribution in [3.8, 4) is 0 Å². The first-order valence-electron chi connectivity index (χ1n) is 7.66. The Morgan fingerprint density at radius 1 is 1.11 bits per heavy atom. The van der Waals surface area contributed by atoms with Crippen LogP contribution in [0.4, 0.5) is 0 Å². The highest BCUT2D eigenvalue weighted by molar-refractivity contribution is 5.14. The Morgan fingerprint density at radius 2 is 1.78 bits per heavy atom. The fraction of sp³-hybridized carbons (Fsp3) is 0.875. The van der Waals surface area contributed by atoms with Crippen LogP contribution >= 0.6 is 0 Å². The molecule has 1 aliphatic heterocycles. The highest BCUT2D eigenvalue weighted by atomic mass is 15.1. The Morgan fingerprint density at radius 3 is 2.39 bits per heavy atom. The van der Waals surface area contributed by atoms with Gasteiger partial charge in [0.05, 0.1) is 0 Å². The van der Waals surface area contributed by atoms with Gasteiger partial charge in [0.15, 0.2) is 0 Å². The lowest BCUT2D eigenvalue weighted by atomic mass is 9.81. The molecule has 1 fully saturated rings. The first kappa shape index (κ1) is 14.1. The van der Waals surface area contributed by atoms with E-state index in [1.165, 1.54) is 45.2 Å². The third-order valence-corrected chi connectivity index (χ3v) is 5.11. The zero-order valence-corrected chi connectivity index (χ0v) is 12.6. The van der Waals surface area contributed by atoms with Gasteiger partial charge in [0, 0.05) is 12.1 Å². The van der Waals surface area contributed by atoms with Crippen LogP contribution in [0, 0.1) is 5.92 Å². The van der Waals surface area contributed by atoms with Crippen molar-refractivity contribution in [2.45, 2.75) is 65.0 Å². The summed E-state index contributed by atoms with van der Waals surface area (Å²) in [5, 5.41) is 3.90. The molecule has 0 aromatic heterocycles. The molecule has 18 heavy (non-hydrogen) atoms. The summed E-state index contributed by atoms with van der Waals surface area (Å²) in [6.45, 7) is 9.54. The Hall–Kier alpha value is -0.340. The highest BCUT2D eigenvalue weighted by Crippen LogP contribution is 2.31. The van der Waals surface area contributed by atoms with Gasteiger partial charge >= 0.3 is 0 Å². The van der Waals surface area contributed by atoms with Crippen LogP contribution in [0.5, 0.6) is 0 Å². The second-order valence-electron chi connectivity index (χ2n) is 6.60. The predicted molar refractivity (Wildman–Crippen MR) is 78.8 cm³/mol. The molecule has 1 N–H and O–H groups in total. The fourth-order valence-electron chi connectivity index (χ4n) is 3.39. The molecule has 2 aliphatic rings. The van der Waals surface area contributed by atoms with E-state index in [0.717, 1.165) is 12.0 Å². The molecule has 104 valence electrons. The van der Waals surface area contributed by atoms with Crippen LogP contribution in [0.25, 0.3) is 0 Å². The molecule has 0 aromatic rings. The summed E-state index contributed by atoms with van der Waals surface area (Å²) >= 11 is 0. The van der Waals surface area contributed by atoms with Crippen molar-refractivity contribution in [2.75, 3.05) is 20.1 Å². The summed E-state index contributed by atoms with van der Waals surface area (Å²) in [5.74, 6) is 0.855. The molecule has 1 saturated heterocycles. The van der Waals surface area contributed by atoms with Crippen LogP contribution in [0.15, 0.2) is 11.1 Å². The van der Waals surface area contributed by atoms with Crippen molar-refractivity contribution in [3.63, 3.8) is 0 Å². The number of hydrogen-bond acceptors (Lipinski definition) is 2. The number of nitrogens with one attached hydrogen (secondary N) is 1. The molecule has 0 bridgehead atoms. The van der Waals surface area contributed by atoms with Crippen molar-refractivity contribution in [1.29, 1.82) is 0 Å². The molecule has 2 rings (SSSR count). The topological polar surface area (TPSA) is 15.3 Å². The van der Waals surface area contributed by atoms with E-state index < -0.39 is 0 Å². The first-order chi connectivity index (χ1) is 8.56. The van der Waals surface area contributed by atoms with Gasteiger partial charge < -0.3 is 10.2 Å². The van der Waals surface area contributed by atoms with E-state index in [1.54, 1.807) is 11.1 Å². The van der Waals surface area contributed by atoms with Crippen molar-refractivity contribution in [3.05, 3.63) is 11.1 Å². The van der Waals surface area contributed by atoms with Gasteiger partial charge in [-0.05, 0) is 78.9 Å². The molecule has 1 aliphatic carbocycles. The predicted octanol–water partition coefficient (Wildman–Crippen LogP) is 3.20. The van der Waals surface area contributed by atoms with Crippen molar-refractivity contribution >= 4 is 0 Å². The normalized spacial score (nSPS) is 29.7. The van der Waals surface area contributed by atoms with E-state index in [0.29, 0.717) is 6.04 Å². The first-order valence-corrected chi connectivity index (χ1v) is 7.66. The molecule has 2 atom stereocenters. The summed E-state index contributed by atoms with van der Waals surface area (Å²) in [4.78, 5) is 2.44. The highest BCUT2D eigenvalue weighted by Gasteiger charge is 2.25. The Bertz CT molecular complexity index is 300. The lowest BCUT2D eigenvalue weighted by Gasteiger charge is -2.36. The molecule has 2 unspecified atom stereocenters. The number of piperidine rings is 1. The van der Waals surface area contributed by atoms with Crippen molar-refractivity contribution in [2.24, 2.45) is 5.92 Å². The van der Waals surface area contributed by atoms with Crippen LogP contribution in [-0.2, 0) is 0 Å². The Labute approximate surface area is 113 Å². The Balaban J connectivity index is 1.80. The monoisotopic (exact) mass is 250 g/mol. The summed E-state index contributed by atoms with van der Waals surface area (Å²) in [5.41, 5.74) is 3.28.